The van der Waals surface area contributed by atoms with Crippen molar-refractivity contribution >= 4 is 28.7 Å². The number of fused-ring (bicyclic) bond motifs is 1. The smallest absolute Gasteiger partial charge is 0.345 e. The summed E-state index contributed by atoms with van der Waals surface area (Å²) >= 11 is 0. The van der Waals surface area contributed by atoms with Gasteiger partial charge in [-0.25, -0.2) is 4.79 Å². The Labute approximate surface area is 297 Å². The molecule has 3 aromatic carbocycles. The number of nitrogens with zero attached hydrogens (tertiary/aromatic N) is 1. The maximum atomic E-state index is 12.8. The molecule has 2 atom stereocenters. The minimum absolute atomic E-state index is 0.0827. The van der Waals surface area contributed by atoms with Crippen LogP contribution >= 0.6 is 0 Å². The van der Waals surface area contributed by atoms with Crippen molar-refractivity contribution in [3.8, 4) is 11.5 Å². The number of carbonyl (C=O) groups excluding carboxylic acids is 2. The number of aliphatic carboxylic acids is 1. The fraction of sp³-hybridized carbons (Fsp3) is 0.237. The number of carboxylic acid groups (broad SMARTS) is 1. The average Bonchev–Trinajstić information content (AvgIpc) is 3.13. The lowest BCUT2D eigenvalue weighted by Gasteiger charge is -2.36. The van der Waals surface area contributed by atoms with Gasteiger partial charge in [-0.15, -0.1) is 0 Å². The molecule has 1 aliphatic carbocycles. The van der Waals surface area contributed by atoms with E-state index >= 15 is 0 Å². The molecule has 0 aliphatic heterocycles. The maximum absolute atomic E-state index is 12.8. The predicted octanol–water partition coefficient (Wildman–Crippen LogP) is 2.23. The fourth-order valence-electron chi connectivity index (χ4n) is 6.11. The van der Waals surface area contributed by atoms with Gasteiger partial charge in [-0.05, 0) is 59.9 Å². The molecule has 1 saturated carbocycles. The van der Waals surface area contributed by atoms with Gasteiger partial charge in [0.2, 0.25) is 11.2 Å². The van der Waals surface area contributed by atoms with Crippen molar-refractivity contribution in [2.45, 2.75) is 43.2 Å². The van der Waals surface area contributed by atoms with E-state index in [1.54, 1.807) is 54.7 Å². The number of aromatic amines is 1. The summed E-state index contributed by atoms with van der Waals surface area (Å²) in [6, 6.07) is 22.9. The molecule has 2 unspecified atom stereocenters. The van der Waals surface area contributed by atoms with E-state index in [1.807, 2.05) is 0 Å². The Morgan fingerprint density at radius 2 is 1.67 bits per heavy atom. The SMILES string of the molecule is O=C(COc1cccc(C(O)(C(=O)O)c2ccccc2)c1)NC1CC(NC(=O)c2ccc(CNCC(O)c3ccc(O)c4[nH]c(=O)ccc34)cn2)C1. The zero-order valence-corrected chi connectivity index (χ0v) is 27.8. The number of pyridine rings is 2. The largest absolute Gasteiger partial charge is 0.506 e. The number of rotatable bonds is 14. The number of phenols is 1. The van der Waals surface area contributed by atoms with Crippen LogP contribution in [0.2, 0.25) is 0 Å². The van der Waals surface area contributed by atoms with Gasteiger partial charge in [0.05, 0.1) is 11.6 Å². The number of nitrogens with one attached hydrogen (secondary N) is 4. The molecule has 0 spiro atoms. The third kappa shape index (κ3) is 7.94. The molecular formula is C38H37N5O9. The molecular weight excluding hydrogens is 670 g/mol. The van der Waals surface area contributed by atoms with E-state index in [4.69, 9.17) is 4.74 Å². The predicted molar refractivity (Wildman–Crippen MR) is 189 cm³/mol. The quantitative estimate of drug-likeness (QED) is 0.0836. The highest BCUT2D eigenvalue weighted by Crippen LogP contribution is 2.32. The van der Waals surface area contributed by atoms with Crippen molar-refractivity contribution in [3.63, 3.8) is 0 Å². The normalized spacial score (nSPS) is 17.0. The highest BCUT2D eigenvalue weighted by Gasteiger charge is 2.40. The van der Waals surface area contributed by atoms with Gasteiger partial charge in [-0.3, -0.25) is 19.4 Å². The first-order valence-electron chi connectivity index (χ1n) is 16.5. The summed E-state index contributed by atoms with van der Waals surface area (Å²) < 4.78 is 5.60. The molecule has 1 aliphatic rings. The lowest BCUT2D eigenvalue weighted by atomic mass is 9.86. The van der Waals surface area contributed by atoms with Gasteiger partial charge < -0.3 is 46.1 Å². The molecule has 0 radical (unpaired) electrons. The molecule has 6 rings (SSSR count). The van der Waals surface area contributed by atoms with Crippen molar-refractivity contribution in [1.82, 2.24) is 25.9 Å². The third-order valence-corrected chi connectivity index (χ3v) is 8.95. The van der Waals surface area contributed by atoms with Crippen LogP contribution in [0.5, 0.6) is 11.5 Å². The number of hydrogen-bond donors (Lipinski definition) is 8. The number of carboxylic acids is 1. The molecule has 1 fully saturated rings. The van der Waals surface area contributed by atoms with Crippen molar-refractivity contribution < 1.29 is 39.5 Å². The number of aromatic nitrogens is 2. The molecule has 2 heterocycles. The monoisotopic (exact) mass is 707 g/mol. The van der Waals surface area contributed by atoms with Gasteiger partial charge >= 0.3 is 5.97 Å². The number of phenolic OH excluding ortho intramolecular Hbond substituents is 1. The van der Waals surface area contributed by atoms with Crippen LogP contribution < -0.4 is 26.2 Å². The van der Waals surface area contributed by atoms with Gasteiger partial charge in [0, 0.05) is 48.4 Å². The van der Waals surface area contributed by atoms with E-state index in [1.165, 1.54) is 42.5 Å². The Balaban J connectivity index is 0.918. The second-order valence-electron chi connectivity index (χ2n) is 12.6. The van der Waals surface area contributed by atoms with Crippen LogP contribution in [0.3, 0.4) is 0 Å². The van der Waals surface area contributed by atoms with Gasteiger partial charge in [0.25, 0.3) is 11.8 Å². The van der Waals surface area contributed by atoms with Crippen molar-refractivity contribution in [1.29, 1.82) is 0 Å². The first kappa shape index (κ1) is 35.7. The highest BCUT2D eigenvalue weighted by molar-refractivity contribution is 5.92. The van der Waals surface area contributed by atoms with Gasteiger partial charge in [-0.1, -0.05) is 54.6 Å². The second-order valence-corrected chi connectivity index (χ2v) is 12.6. The summed E-state index contributed by atoms with van der Waals surface area (Å²) in [5.74, 6) is -2.04. The fourth-order valence-corrected chi connectivity index (χ4v) is 6.11. The Bertz CT molecular complexity index is 2140. The maximum Gasteiger partial charge on any atom is 0.345 e. The van der Waals surface area contributed by atoms with Gasteiger partial charge in [0.1, 0.15) is 17.2 Å². The van der Waals surface area contributed by atoms with Crippen LogP contribution in [0.15, 0.2) is 102 Å². The van der Waals surface area contributed by atoms with Crippen LogP contribution in [0.1, 0.15) is 51.7 Å². The summed E-state index contributed by atoms with van der Waals surface area (Å²) in [5, 5.41) is 51.2. The number of hydrogen-bond acceptors (Lipinski definition) is 10. The van der Waals surface area contributed by atoms with Crippen LogP contribution in [-0.4, -0.2) is 73.4 Å². The van der Waals surface area contributed by atoms with E-state index in [0.29, 0.717) is 30.3 Å². The number of aliphatic hydroxyl groups is 2. The molecule has 52 heavy (non-hydrogen) atoms. The van der Waals surface area contributed by atoms with Crippen LogP contribution in [0.25, 0.3) is 10.9 Å². The van der Waals surface area contributed by atoms with Crippen molar-refractivity contribution in [3.05, 3.63) is 135 Å². The van der Waals surface area contributed by atoms with E-state index in [0.717, 1.165) is 5.56 Å². The zero-order chi connectivity index (χ0) is 36.8. The standard InChI is InChI=1S/C38H37N5O9/c44-31-13-10-28(29-11-14-33(46)43-35(29)31)32(45)20-39-18-22-9-12-30(40-19-22)36(48)42-26-16-25(17-26)41-34(47)21-52-27-8-4-7-24(15-27)38(51,37(49)50)23-5-2-1-3-6-23/h1-15,19,25-26,32,39,44-45,51H,16-18,20-21H2,(H,41,47)(H,42,48)(H,43,46)(H,49,50). The van der Waals surface area contributed by atoms with Crippen LogP contribution in [-0.2, 0) is 21.7 Å². The number of aliphatic hydroxyl groups excluding tert-OH is 1. The minimum Gasteiger partial charge on any atom is -0.506 e. The summed E-state index contributed by atoms with van der Waals surface area (Å²) in [5.41, 5.74) is -0.564. The average molecular weight is 708 g/mol. The molecule has 0 saturated heterocycles. The minimum atomic E-state index is -2.30. The Morgan fingerprint density at radius 3 is 2.40 bits per heavy atom. The van der Waals surface area contributed by atoms with Crippen LogP contribution in [0.4, 0.5) is 0 Å². The number of amides is 2. The number of benzene rings is 3. The Morgan fingerprint density at radius 1 is 0.923 bits per heavy atom. The number of carbonyl (C=O) groups is 3. The zero-order valence-electron chi connectivity index (χ0n) is 27.8. The molecule has 268 valence electrons. The topological polar surface area (TPSA) is 223 Å². The van der Waals surface area contributed by atoms with E-state index in [2.05, 4.69) is 25.9 Å². The Hall–Kier alpha value is -6.09. The van der Waals surface area contributed by atoms with E-state index in [-0.39, 0.29) is 76.4 Å². The number of aromatic hydroxyl groups is 1. The molecule has 2 amide bonds. The van der Waals surface area contributed by atoms with Crippen molar-refractivity contribution in [2.24, 2.45) is 0 Å². The van der Waals surface area contributed by atoms with E-state index < -0.39 is 17.7 Å². The van der Waals surface area contributed by atoms with Gasteiger partial charge in [-0.2, -0.15) is 0 Å². The molecule has 14 heteroatoms. The summed E-state index contributed by atoms with van der Waals surface area (Å²) in [6.07, 6.45) is 1.69. The van der Waals surface area contributed by atoms with Crippen LogP contribution in [0, 0.1) is 0 Å². The molecule has 2 aromatic heterocycles. The lowest BCUT2D eigenvalue weighted by Crippen LogP contribution is -2.54. The highest BCUT2D eigenvalue weighted by atomic mass is 16.5. The summed E-state index contributed by atoms with van der Waals surface area (Å²) in [7, 11) is 0. The molecule has 0 bridgehead atoms. The lowest BCUT2D eigenvalue weighted by molar-refractivity contribution is -0.155. The first-order chi connectivity index (χ1) is 25.0. The molecule has 8 N–H and O–H groups in total. The summed E-state index contributed by atoms with van der Waals surface area (Å²) in [6.45, 7) is 0.232. The molecule has 14 nitrogen and oxygen atoms in total. The number of H-pyrrole nitrogens is 1. The first-order valence-corrected chi connectivity index (χ1v) is 16.5. The summed E-state index contributed by atoms with van der Waals surface area (Å²) in [4.78, 5) is 55.9. The van der Waals surface area contributed by atoms with Gasteiger partial charge in [0.15, 0.2) is 6.61 Å². The Kier molecular flexibility index (Phi) is 10.6. The van der Waals surface area contributed by atoms with Crippen molar-refractivity contribution in [2.75, 3.05) is 13.2 Å². The molecule has 5 aromatic rings. The third-order valence-electron chi connectivity index (χ3n) is 8.95. The second kappa shape index (κ2) is 15.4. The number of ether oxygens (including phenoxy) is 1. The van der Waals surface area contributed by atoms with E-state index in [9.17, 15) is 39.6 Å².